The number of ether oxygens (including phenoxy) is 1. The lowest BCUT2D eigenvalue weighted by molar-refractivity contribution is -0.0107. The van der Waals surface area contributed by atoms with Crippen LogP contribution >= 0.6 is 0 Å². The van der Waals surface area contributed by atoms with E-state index >= 15 is 0 Å². The smallest absolute Gasteiger partial charge is 0.128 e. The summed E-state index contributed by atoms with van der Waals surface area (Å²) in [5, 5.41) is 3.63. The van der Waals surface area contributed by atoms with E-state index in [0.29, 0.717) is 0 Å². The van der Waals surface area contributed by atoms with Crippen LogP contribution in [0.1, 0.15) is 57.8 Å². The molecule has 4 nitrogen and oxygen atoms in total. The summed E-state index contributed by atoms with van der Waals surface area (Å²) < 4.78 is 8.25. The van der Waals surface area contributed by atoms with E-state index in [1.54, 1.807) is 0 Å². The topological polar surface area (TPSA) is 39.1 Å². The van der Waals surface area contributed by atoms with Crippen molar-refractivity contribution in [1.29, 1.82) is 0 Å². The van der Waals surface area contributed by atoms with Crippen LogP contribution in [0.3, 0.4) is 0 Å². The molecule has 4 heteroatoms. The van der Waals surface area contributed by atoms with E-state index < -0.39 is 0 Å². The van der Waals surface area contributed by atoms with Crippen LogP contribution in [0.5, 0.6) is 0 Å². The Kier molecular flexibility index (Phi) is 5.86. The van der Waals surface area contributed by atoms with Gasteiger partial charge in [-0.05, 0) is 38.6 Å². The van der Waals surface area contributed by atoms with E-state index in [0.717, 1.165) is 44.8 Å². The quantitative estimate of drug-likeness (QED) is 0.824. The minimum Gasteiger partial charge on any atom is -0.376 e. The molecule has 2 rings (SSSR count). The Morgan fingerprint density at radius 1 is 1.42 bits per heavy atom. The molecule has 1 saturated heterocycles. The molecule has 1 aromatic rings. The van der Waals surface area contributed by atoms with Crippen LogP contribution in [0.2, 0.25) is 0 Å². The lowest BCUT2D eigenvalue weighted by Gasteiger charge is -2.31. The first-order chi connectivity index (χ1) is 9.36. The van der Waals surface area contributed by atoms with Crippen LogP contribution < -0.4 is 5.32 Å². The maximum atomic E-state index is 5.98. The van der Waals surface area contributed by atoms with Crippen molar-refractivity contribution in [2.24, 2.45) is 0 Å². The van der Waals surface area contributed by atoms with Gasteiger partial charge in [0.05, 0.1) is 12.1 Å². The van der Waals surface area contributed by atoms with E-state index in [-0.39, 0.29) is 12.1 Å². The van der Waals surface area contributed by atoms with Crippen molar-refractivity contribution in [1.82, 2.24) is 14.9 Å². The zero-order chi connectivity index (χ0) is 13.5. The van der Waals surface area contributed by atoms with Gasteiger partial charge in [-0.2, -0.15) is 0 Å². The fourth-order valence-electron chi connectivity index (χ4n) is 2.75. The third-order valence-corrected chi connectivity index (χ3v) is 3.69. The van der Waals surface area contributed by atoms with Gasteiger partial charge in [0.15, 0.2) is 0 Å². The van der Waals surface area contributed by atoms with E-state index in [9.17, 15) is 0 Å². The molecule has 2 unspecified atom stereocenters. The molecule has 2 atom stereocenters. The normalized spacial score (nSPS) is 21.5. The standard InChI is InChI=1S/C15H27N3O/c1-3-8-16-14(13-7-5-6-12-19-13)15-17-9-11-18(15)10-4-2/h9,11,13-14,16H,3-8,10,12H2,1-2H3. The fraction of sp³-hybridized carbons (Fsp3) is 0.800. The first-order valence-corrected chi connectivity index (χ1v) is 7.72. The summed E-state index contributed by atoms with van der Waals surface area (Å²) >= 11 is 0. The molecule has 1 N–H and O–H groups in total. The minimum absolute atomic E-state index is 0.238. The lowest BCUT2D eigenvalue weighted by Crippen LogP contribution is -2.38. The van der Waals surface area contributed by atoms with E-state index in [2.05, 4.69) is 34.9 Å². The number of aromatic nitrogens is 2. The van der Waals surface area contributed by atoms with Crippen molar-refractivity contribution in [3.63, 3.8) is 0 Å². The highest BCUT2D eigenvalue weighted by atomic mass is 16.5. The SMILES string of the molecule is CCCNC(c1nccn1CCC)C1CCCCO1. The maximum Gasteiger partial charge on any atom is 0.128 e. The van der Waals surface area contributed by atoms with Crippen molar-refractivity contribution in [2.45, 2.75) is 64.6 Å². The van der Waals surface area contributed by atoms with Gasteiger partial charge in [-0.1, -0.05) is 13.8 Å². The van der Waals surface area contributed by atoms with Crippen molar-refractivity contribution in [3.05, 3.63) is 18.2 Å². The molecule has 0 amide bonds. The van der Waals surface area contributed by atoms with Crippen LogP contribution in [0.4, 0.5) is 0 Å². The number of hydrogen-bond acceptors (Lipinski definition) is 3. The minimum atomic E-state index is 0.238. The van der Waals surface area contributed by atoms with Crippen LogP contribution in [0.25, 0.3) is 0 Å². The third kappa shape index (κ3) is 3.80. The molecule has 0 spiro atoms. The summed E-state index contributed by atoms with van der Waals surface area (Å²) in [7, 11) is 0. The summed E-state index contributed by atoms with van der Waals surface area (Å²) in [6.45, 7) is 7.35. The first kappa shape index (κ1) is 14.5. The van der Waals surface area contributed by atoms with Gasteiger partial charge < -0.3 is 14.6 Å². The summed E-state index contributed by atoms with van der Waals surface area (Å²) in [4.78, 5) is 4.58. The molecule has 0 bridgehead atoms. The summed E-state index contributed by atoms with van der Waals surface area (Å²) in [6.07, 6.45) is 10.1. The number of aryl methyl sites for hydroxylation is 1. The number of rotatable bonds is 7. The lowest BCUT2D eigenvalue weighted by atomic mass is 10.0. The van der Waals surface area contributed by atoms with Gasteiger partial charge >= 0.3 is 0 Å². The first-order valence-electron chi connectivity index (χ1n) is 7.72. The average molecular weight is 265 g/mol. The number of nitrogens with one attached hydrogen (secondary N) is 1. The van der Waals surface area contributed by atoms with E-state index in [1.165, 1.54) is 12.8 Å². The second-order valence-electron chi connectivity index (χ2n) is 5.32. The highest BCUT2D eigenvalue weighted by molar-refractivity contribution is 5.03. The van der Waals surface area contributed by atoms with Crippen LogP contribution in [-0.4, -0.2) is 28.8 Å². The van der Waals surface area contributed by atoms with Crippen molar-refractivity contribution < 1.29 is 4.74 Å². The molecule has 0 aromatic carbocycles. The molecule has 108 valence electrons. The largest absolute Gasteiger partial charge is 0.376 e. The molecule has 0 saturated carbocycles. The predicted octanol–water partition coefficient (Wildman–Crippen LogP) is 2.90. The Bertz CT molecular complexity index is 358. The number of nitrogens with zero attached hydrogens (tertiary/aromatic N) is 2. The summed E-state index contributed by atoms with van der Waals surface area (Å²) in [6, 6.07) is 0.238. The van der Waals surface area contributed by atoms with E-state index in [1.807, 2.05) is 6.20 Å². The molecule has 2 heterocycles. The Balaban J connectivity index is 2.12. The molecule has 1 aromatic heterocycles. The molecular formula is C15H27N3O. The predicted molar refractivity (Wildman–Crippen MR) is 77.1 cm³/mol. The molecule has 1 aliphatic rings. The highest BCUT2D eigenvalue weighted by Gasteiger charge is 2.28. The van der Waals surface area contributed by atoms with Gasteiger partial charge in [-0.15, -0.1) is 0 Å². The molecule has 19 heavy (non-hydrogen) atoms. The molecule has 0 radical (unpaired) electrons. The Morgan fingerprint density at radius 2 is 2.32 bits per heavy atom. The maximum absolute atomic E-state index is 5.98. The zero-order valence-electron chi connectivity index (χ0n) is 12.3. The Labute approximate surface area is 116 Å². The summed E-state index contributed by atoms with van der Waals surface area (Å²) in [5.41, 5.74) is 0. The second-order valence-corrected chi connectivity index (χ2v) is 5.32. The average Bonchev–Trinajstić information content (AvgIpc) is 2.89. The second kappa shape index (κ2) is 7.65. The monoisotopic (exact) mass is 265 g/mol. The molecule has 1 aliphatic heterocycles. The van der Waals surface area contributed by atoms with Crippen molar-refractivity contribution in [2.75, 3.05) is 13.2 Å². The van der Waals surface area contributed by atoms with E-state index in [4.69, 9.17) is 4.74 Å². The van der Waals surface area contributed by atoms with Gasteiger partial charge in [0.25, 0.3) is 0 Å². The van der Waals surface area contributed by atoms with Gasteiger partial charge in [0.1, 0.15) is 5.82 Å². The summed E-state index contributed by atoms with van der Waals surface area (Å²) in [5.74, 6) is 1.14. The zero-order valence-corrected chi connectivity index (χ0v) is 12.3. The number of hydrogen-bond donors (Lipinski definition) is 1. The Morgan fingerprint density at radius 3 is 3.00 bits per heavy atom. The van der Waals surface area contributed by atoms with Crippen LogP contribution in [-0.2, 0) is 11.3 Å². The fourth-order valence-corrected chi connectivity index (χ4v) is 2.75. The van der Waals surface area contributed by atoms with Crippen molar-refractivity contribution in [3.8, 4) is 0 Å². The van der Waals surface area contributed by atoms with Crippen LogP contribution in [0, 0.1) is 0 Å². The molecular weight excluding hydrogens is 238 g/mol. The van der Waals surface area contributed by atoms with Gasteiger partial charge in [-0.3, -0.25) is 0 Å². The number of imidazole rings is 1. The highest BCUT2D eigenvalue weighted by Crippen LogP contribution is 2.25. The van der Waals surface area contributed by atoms with Crippen LogP contribution in [0.15, 0.2) is 12.4 Å². The molecule has 1 fully saturated rings. The van der Waals surface area contributed by atoms with Gasteiger partial charge in [0, 0.05) is 25.5 Å². The third-order valence-electron chi connectivity index (χ3n) is 3.69. The van der Waals surface area contributed by atoms with Gasteiger partial charge in [0.2, 0.25) is 0 Å². The molecule has 0 aliphatic carbocycles. The van der Waals surface area contributed by atoms with Crippen molar-refractivity contribution >= 4 is 0 Å². The Hall–Kier alpha value is -0.870. The van der Waals surface area contributed by atoms with Gasteiger partial charge in [-0.25, -0.2) is 4.98 Å².